The van der Waals surface area contributed by atoms with Crippen molar-refractivity contribution in [2.75, 3.05) is 0 Å². The van der Waals surface area contributed by atoms with Gasteiger partial charge in [-0.2, -0.15) is 5.10 Å². The lowest BCUT2D eigenvalue weighted by Gasteiger charge is -2.10. The first-order valence-corrected chi connectivity index (χ1v) is 12.1. The molecule has 0 saturated heterocycles. The summed E-state index contributed by atoms with van der Waals surface area (Å²) < 4.78 is 21.9. The van der Waals surface area contributed by atoms with Gasteiger partial charge in [-0.05, 0) is 29.3 Å². The fourth-order valence-electron chi connectivity index (χ4n) is 4.10. The van der Waals surface area contributed by atoms with Gasteiger partial charge in [-0.3, -0.25) is 19.0 Å². The van der Waals surface area contributed by atoms with Crippen LogP contribution in [0.1, 0.15) is 55.8 Å². The van der Waals surface area contributed by atoms with Crippen LogP contribution in [-0.2, 0) is 20.1 Å². The van der Waals surface area contributed by atoms with Crippen LogP contribution < -0.4 is 16.4 Å². The van der Waals surface area contributed by atoms with Gasteiger partial charge >= 0.3 is 5.76 Å². The number of ketones is 1. The molecule has 5 rings (SSSR count). The fraction of sp³-hybridized carbons (Fsp3) is 0.185. The van der Waals surface area contributed by atoms with Crippen molar-refractivity contribution in [3.05, 3.63) is 99.2 Å². The zero-order valence-corrected chi connectivity index (χ0v) is 21.0. The van der Waals surface area contributed by atoms with E-state index in [0.717, 1.165) is 10.7 Å². The van der Waals surface area contributed by atoms with Crippen LogP contribution in [0.5, 0.6) is 0 Å². The SMILES string of the molecule is CCC(=O)c1cccc(CNC(=O)c2cc(C(=O)NCc3ccc4oc(=O)n(C)c4c3)nc3c(F)cnn23)c1. The Morgan fingerprint density at radius 1 is 1.00 bits per heavy atom. The molecule has 198 valence electrons. The van der Waals surface area contributed by atoms with E-state index in [0.29, 0.717) is 34.2 Å². The first kappa shape index (κ1) is 25.5. The molecule has 2 amide bonds. The predicted octanol–water partition coefficient (Wildman–Crippen LogP) is 2.77. The number of carbonyl (C=O) groups excluding carboxylic acids is 3. The van der Waals surface area contributed by atoms with Crippen LogP contribution in [0.4, 0.5) is 4.39 Å². The number of fused-ring (bicyclic) bond motifs is 2. The van der Waals surface area contributed by atoms with Crippen LogP contribution in [0.25, 0.3) is 16.7 Å². The minimum atomic E-state index is -0.796. The molecular weight excluding hydrogens is 507 g/mol. The van der Waals surface area contributed by atoms with E-state index >= 15 is 0 Å². The highest BCUT2D eigenvalue weighted by Gasteiger charge is 2.20. The van der Waals surface area contributed by atoms with Gasteiger partial charge in [0.2, 0.25) is 0 Å². The van der Waals surface area contributed by atoms with Gasteiger partial charge in [0, 0.05) is 38.2 Å². The molecule has 0 radical (unpaired) electrons. The van der Waals surface area contributed by atoms with Crippen LogP contribution in [0.3, 0.4) is 0 Å². The standard InChI is InChI=1S/C27H23FN6O5/c1-3-22(35)17-6-4-5-15(9-17)12-30-26(37)21-11-19(32-24-18(28)14-31-34(21)24)25(36)29-13-16-7-8-23-20(10-16)33(2)27(38)39-23/h4-11,14H,3,12-13H2,1-2H3,(H,29,36)(H,30,37). The largest absolute Gasteiger partial charge is 0.419 e. The Kier molecular flexibility index (Phi) is 6.75. The van der Waals surface area contributed by atoms with Crippen LogP contribution >= 0.6 is 0 Å². The second kappa shape index (κ2) is 10.3. The Hall–Kier alpha value is -5.13. The molecule has 39 heavy (non-hydrogen) atoms. The summed E-state index contributed by atoms with van der Waals surface area (Å²) in [5.41, 5.74) is 2.35. The van der Waals surface area contributed by atoms with E-state index in [9.17, 15) is 23.6 Å². The maximum atomic E-state index is 14.4. The number of aromatic nitrogens is 4. The van der Waals surface area contributed by atoms with Crippen molar-refractivity contribution in [2.45, 2.75) is 26.4 Å². The first-order chi connectivity index (χ1) is 18.7. The molecule has 0 saturated carbocycles. The number of halogens is 1. The molecule has 0 fully saturated rings. The summed E-state index contributed by atoms with van der Waals surface area (Å²) in [5.74, 6) is -2.57. The summed E-state index contributed by atoms with van der Waals surface area (Å²) in [6.07, 6.45) is 1.27. The van der Waals surface area contributed by atoms with Crippen molar-refractivity contribution in [1.82, 2.24) is 29.8 Å². The third-order valence-corrected chi connectivity index (χ3v) is 6.23. The van der Waals surface area contributed by atoms with E-state index in [4.69, 9.17) is 4.42 Å². The molecule has 2 aromatic carbocycles. The number of hydrogen-bond donors (Lipinski definition) is 2. The van der Waals surface area contributed by atoms with Gasteiger partial charge in [0.1, 0.15) is 11.4 Å². The molecule has 2 N–H and O–H groups in total. The van der Waals surface area contributed by atoms with Crippen molar-refractivity contribution in [3.8, 4) is 0 Å². The number of amides is 2. The van der Waals surface area contributed by atoms with Crippen LogP contribution in [0.15, 0.2) is 63.9 Å². The van der Waals surface area contributed by atoms with Crippen LogP contribution in [0.2, 0.25) is 0 Å². The van der Waals surface area contributed by atoms with Crippen molar-refractivity contribution < 1.29 is 23.2 Å². The van der Waals surface area contributed by atoms with E-state index in [1.807, 2.05) is 0 Å². The van der Waals surface area contributed by atoms with E-state index in [2.05, 4.69) is 20.7 Å². The lowest BCUT2D eigenvalue weighted by atomic mass is 10.1. The molecule has 0 unspecified atom stereocenters. The van der Waals surface area contributed by atoms with E-state index in [1.165, 1.54) is 10.6 Å². The van der Waals surface area contributed by atoms with Crippen molar-refractivity contribution in [1.29, 1.82) is 0 Å². The number of oxazole rings is 1. The molecule has 0 atom stereocenters. The number of hydrogen-bond acceptors (Lipinski definition) is 7. The maximum absolute atomic E-state index is 14.4. The number of carbonyl (C=O) groups is 3. The van der Waals surface area contributed by atoms with Gasteiger partial charge in [0.05, 0.1) is 11.7 Å². The summed E-state index contributed by atoms with van der Waals surface area (Å²) in [5, 5.41) is 9.29. The molecule has 11 nitrogen and oxygen atoms in total. The average molecular weight is 531 g/mol. The average Bonchev–Trinajstić information content (AvgIpc) is 3.47. The van der Waals surface area contributed by atoms with Crippen LogP contribution in [0, 0.1) is 5.82 Å². The zero-order chi connectivity index (χ0) is 27.7. The third-order valence-electron chi connectivity index (χ3n) is 6.23. The van der Waals surface area contributed by atoms with Gasteiger partial charge in [0.25, 0.3) is 11.8 Å². The molecule has 3 aromatic heterocycles. The van der Waals surface area contributed by atoms with Gasteiger partial charge in [0.15, 0.2) is 22.8 Å². The summed E-state index contributed by atoms with van der Waals surface area (Å²) in [6.45, 7) is 1.94. The Morgan fingerprint density at radius 2 is 1.74 bits per heavy atom. The molecule has 5 aromatic rings. The lowest BCUT2D eigenvalue weighted by molar-refractivity contribution is 0.0941. The maximum Gasteiger partial charge on any atom is 0.419 e. The highest BCUT2D eigenvalue weighted by molar-refractivity contribution is 5.98. The molecule has 0 spiro atoms. The molecular formula is C27H23FN6O5. The molecule has 0 bridgehead atoms. The Labute approximate surface area is 220 Å². The molecule has 3 heterocycles. The summed E-state index contributed by atoms with van der Waals surface area (Å²) in [7, 11) is 1.57. The minimum Gasteiger partial charge on any atom is -0.408 e. The van der Waals surface area contributed by atoms with Gasteiger partial charge in [-0.1, -0.05) is 31.2 Å². The normalized spacial score (nSPS) is 11.2. The third kappa shape index (κ3) is 5.04. The van der Waals surface area contributed by atoms with Crippen LogP contribution in [-0.4, -0.2) is 36.8 Å². The molecule has 0 aliphatic carbocycles. The number of rotatable bonds is 8. The van der Waals surface area contributed by atoms with Crippen molar-refractivity contribution in [2.24, 2.45) is 7.05 Å². The van der Waals surface area contributed by atoms with E-state index in [1.54, 1.807) is 56.4 Å². The smallest absolute Gasteiger partial charge is 0.408 e. The number of nitrogens with one attached hydrogen (secondary N) is 2. The highest BCUT2D eigenvalue weighted by atomic mass is 19.1. The fourth-order valence-corrected chi connectivity index (χ4v) is 4.10. The summed E-state index contributed by atoms with van der Waals surface area (Å²) in [6, 6.07) is 13.1. The number of benzene rings is 2. The molecule has 12 heteroatoms. The predicted molar refractivity (Wildman–Crippen MR) is 138 cm³/mol. The monoisotopic (exact) mass is 530 g/mol. The second-order valence-electron chi connectivity index (χ2n) is 8.83. The Bertz CT molecular complexity index is 1820. The Morgan fingerprint density at radius 3 is 2.51 bits per heavy atom. The highest BCUT2D eigenvalue weighted by Crippen LogP contribution is 2.16. The van der Waals surface area contributed by atoms with E-state index in [-0.39, 0.29) is 35.9 Å². The summed E-state index contributed by atoms with van der Waals surface area (Å²) >= 11 is 0. The second-order valence-corrected chi connectivity index (χ2v) is 8.83. The quantitative estimate of drug-likeness (QED) is 0.294. The zero-order valence-electron chi connectivity index (χ0n) is 21.0. The number of Topliss-reactive ketones (excluding diaryl/α,β-unsaturated/α-hetero) is 1. The molecule has 0 aliphatic heterocycles. The van der Waals surface area contributed by atoms with E-state index < -0.39 is 23.4 Å². The van der Waals surface area contributed by atoms with Gasteiger partial charge in [-0.25, -0.2) is 18.7 Å². The summed E-state index contributed by atoms with van der Waals surface area (Å²) in [4.78, 5) is 53.8. The lowest BCUT2D eigenvalue weighted by Crippen LogP contribution is -2.28. The number of nitrogens with zero attached hydrogens (tertiary/aromatic N) is 4. The number of aryl methyl sites for hydroxylation is 1. The van der Waals surface area contributed by atoms with Crippen molar-refractivity contribution in [3.63, 3.8) is 0 Å². The first-order valence-electron chi connectivity index (χ1n) is 12.1. The topological polar surface area (TPSA) is 141 Å². The van der Waals surface area contributed by atoms with Crippen molar-refractivity contribution >= 4 is 34.3 Å². The van der Waals surface area contributed by atoms with Gasteiger partial charge in [-0.15, -0.1) is 0 Å². The molecule has 0 aliphatic rings. The van der Waals surface area contributed by atoms with Gasteiger partial charge < -0.3 is 15.1 Å². The Balaban J connectivity index is 1.35. The minimum absolute atomic E-state index is 0.0181.